The molecular weight excluding hydrogens is 268 g/mol. The number of carbonyl (C=O) groups is 1. The predicted molar refractivity (Wildman–Crippen MR) is 68.9 cm³/mol. The van der Waals surface area contributed by atoms with Gasteiger partial charge < -0.3 is 28.8 Å². The summed E-state index contributed by atoms with van der Waals surface area (Å²) in [5.41, 5.74) is -3.26. The first-order valence-corrected chi connectivity index (χ1v) is 6.27. The molecule has 0 aromatic heterocycles. The standard InChI is InChI=1S/C13H24O7/c1-10(2,15)13(9(14)16-5)8-19-11(3,17-6)12(4,18-7)20-13/h15H,8H2,1-7H3/t11-,12-,13+/m1/s1. The van der Waals surface area contributed by atoms with Gasteiger partial charge in [0.25, 0.3) is 0 Å². The Hall–Kier alpha value is -0.730. The van der Waals surface area contributed by atoms with Gasteiger partial charge in [0.15, 0.2) is 0 Å². The zero-order chi connectivity index (χ0) is 15.8. The molecule has 1 fully saturated rings. The average Bonchev–Trinajstić information content (AvgIpc) is 2.39. The third-order valence-corrected chi connectivity index (χ3v) is 4.03. The SMILES string of the molecule is COC(=O)[C@]1(C(C)(C)O)CO[C@@](C)(OC)[C@](C)(OC)O1. The second-order valence-electron chi connectivity index (χ2n) is 5.57. The van der Waals surface area contributed by atoms with Gasteiger partial charge in [-0.3, -0.25) is 0 Å². The van der Waals surface area contributed by atoms with Crippen LogP contribution in [0.5, 0.6) is 0 Å². The largest absolute Gasteiger partial charge is 0.467 e. The Morgan fingerprint density at radius 2 is 1.65 bits per heavy atom. The lowest BCUT2D eigenvalue weighted by molar-refractivity contribution is -0.458. The van der Waals surface area contributed by atoms with Gasteiger partial charge in [-0.2, -0.15) is 0 Å². The molecule has 1 aliphatic heterocycles. The van der Waals surface area contributed by atoms with E-state index in [1.807, 2.05) is 0 Å². The van der Waals surface area contributed by atoms with Gasteiger partial charge in [-0.1, -0.05) is 0 Å². The molecular formula is C13H24O7. The third-order valence-electron chi connectivity index (χ3n) is 4.03. The number of methoxy groups -OCH3 is 3. The fourth-order valence-electron chi connectivity index (χ4n) is 2.11. The van der Waals surface area contributed by atoms with E-state index in [1.54, 1.807) is 13.8 Å². The van der Waals surface area contributed by atoms with Crippen LogP contribution in [0.1, 0.15) is 27.7 Å². The first-order chi connectivity index (χ1) is 9.02. The van der Waals surface area contributed by atoms with E-state index >= 15 is 0 Å². The lowest BCUT2D eigenvalue weighted by atomic mass is 9.84. The summed E-state index contributed by atoms with van der Waals surface area (Å²) in [6.45, 7) is 5.85. The van der Waals surface area contributed by atoms with Crippen LogP contribution in [0.2, 0.25) is 0 Å². The van der Waals surface area contributed by atoms with Crippen LogP contribution in [0.4, 0.5) is 0 Å². The fourth-order valence-corrected chi connectivity index (χ4v) is 2.11. The summed E-state index contributed by atoms with van der Waals surface area (Å²) in [6, 6.07) is 0. The first-order valence-electron chi connectivity index (χ1n) is 6.27. The normalized spacial score (nSPS) is 38.6. The number of ether oxygens (including phenoxy) is 5. The van der Waals surface area contributed by atoms with Gasteiger partial charge in [-0.05, 0) is 27.7 Å². The molecule has 7 heteroatoms. The van der Waals surface area contributed by atoms with Crippen molar-refractivity contribution in [3.8, 4) is 0 Å². The van der Waals surface area contributed by atoms with Gasteiger partial charge >= 0.3 is 5.97 Å². The minimum Gasteiger partial charge on any atom is -0.467 e. The van der Waals surface area contributed by atoms with Gasteiger partial charge in [0.1, 0.15) is 5.60 Å². The summed E-state index contributed by atoms with van der Waals surface area (Å²) < 4.78 is 26.9. The Bertz CT molecular complexity index is 377. The highest BCUT2D eigenvalue weighted by Gasteiger charge is 2.66. The van der Waals surface area contributed by atoms with Crippen molar-refractivity contribution in [2.24, 2.45) is 0 Å². The maximum atomic E-state index is 12.2. The molecule has 3 atom stereocenters. The molecule has 1 heterocycles. The van der Waals surface area contributed by atoms with Crippen LogP contribution >= 0.6 is 0 Å². The zero-order valence-corrected chi connectivity index (χ0v) is 13.1. The van der Waals surface area contributed by atoms with E-state index in [2.05, 4.69) is 0 Å². The minimum atomic E-state index is -1.72. The maximum absolute atomic E-state index is 12.2. The molecule has 1 N–H and O–H groups in total. The lowest BCUT2D eigenvalue weighted by Gasteiger charge is -2.55. The van der Waals surface area contributed by atoms with E-state index in [1.165, 1.54) is 35.2 Å². The van der Waals surface area contributed by atoms with Crippen molar-refractivity contribution in [1.29, 1.82) is 0 Å². The number of aliphatic hydroxyl groups is 1. The summed E-state index contributed by atoms with van der Waals surface area (Å²) in [5.74, 6) is -3.38. The maximum Gasteiger partial charge on any atom is 0.343 e. The second-order valence-corrected chi connectivity index (χ2v) is 5.57. The van der Waals surface area contributed by atoms with Crippen molar-refractivity contribution in [3.05, 3.63) is 0 Å². The van der Waals surface area contributed by atoms with E-state index in [9.17, 15) is 9.90 Å². The second kappa shape index (κ2) is 5.23. The number of hydrogen-bond acceptors (Lipinski definition) is 7. The molecule has 0 bridgehead atoms. The van der Waals surface area contributed by atoms with E-state index < -0.39 is 28.7 Å². The molecule has 0 aromatic carbocycles. The van der Waals surface area contributed by atoms with Crippen molar-refractivity contribution < 1.29 is 33.6 Å². The summed E-state index contributed by atoms with van der Waals surface area (Å²) in [6.07, 6.45) is 0. The Balaban J connectivity index is 3.31. The van der Waals surface area contributed by atoms with Gasteiger partial charge in [-0.15, -0.1) is 0 Å². The van der Waals surface area contributed by atoms with Crippen molar-refractivity contribution in [1.82, 2.24) is 0 Å². The molecule has 20 heavy (non-hydrogen) atoms. The summed E-state index contributed by atoms with van der Waals surface area (Å²) in [7, 11) is 4.06. The van der Waals surface area contributed by atoms with Crippen molar-refractivity contribution >= 4 is 5.97 Å². The lowest BCUT2D eigenvalue weighted by Crippen LogP contribution is -2.74. The quantitative estimate of drug-likeness (QED) is 0.753. The van der Waals surface area contributed by atoms with Crippen LogP contribution in [0.3, 0.4) is 0 Å². The van der Waals surface area contributed by atoms with E-state index in [4.69, 9.17) is 23.7 Å². The number of hydrogen-bond donors (Lipinski definition) is 1. The highest BCUT2D eigenvalue weighted by molar-refractivity contribution is 5.81. The fraction of sp³-hybridized carbons (Fsp3) is 0.923. The Kier molecular flexibility index (Phi) is 4.53. The van der Waals surface area contributed by atoms with Crippen LogP contribution in [-0.4, -0.2) is 61.8 Å². The van der Waals surface area contributed by atoms with Crippen LogP contribution in [0, 0.1) is 0 Å². The molecule has 0 unspecified atom stereocenters. The van der Waals surface area contributed by atoms with E-state index in [-0.39, 0.29) is 6.61 Å². The van der Waals surface area contributed by atoms with Gasteiger partial charge in [0.05, 0.1) is 13.7 Å². The molecule has 1 rings (SSSR count). The van der Waals surface area contributed by atoms with E-state index in [0.29, 0.717) is 0 Å². The third kappa shape index (κ3) is 2.33. The molecule has 118 valence electrons. The minimum absolute atomic E-state index is 0.230. The first kappa shape index (κ1) is 17.3. The molecule has 7 nitrogen and oxygen atoms in total. The molecule has 0 aromatic rings. The zero-order valence-electron chi connectivity index (χ0n) is 13.1. The highest BCUT2D eigenvalue weighted by atomic mass is 16.8. The summed E-state index contributed by atoms with van der Waals surface area (Å²) in [5, 5.41) is 10.4. The molecule has 1 saturated heterocycles. The van der Waals surface area contributed by atoms with Gasteiger partial charge in [-0.25, -0.2) is 4.79 Å². The number of rotatable bonds is 4. The molecule has 0 spiro atoms. The molecule has 1 aliphatic rings. The Morgan fingerprint density at radius 1 is 1.15 bits per heavy atom. The predicted octanol–water partition coefficient (Wildman–Crippen LogP) is 0.441. The van der Waals surface area contributed by atoms with E-state index in [0.717, 1.165) is 0 Å². The molecule has 0 amide bonds. The average molecular weight is 292 g/mol. The van der Waals surface area contributed by atoms with Gasteiger partial charge in [0, 0.05) is 14.2 Å². The number of esters is 1. The highest BCUT2D eigenvalue weighted by Crippen LogP contribution is 2.44. The molecule has 0 radical (unpaired) electrons. The Labute approximate surface area is 119 Å². The monoisotopic (exact) mass is 292 g/mol. The summed E-state index contributed by atoms with van der Waals surface area (Å²) >= 11 is 0. The summed E-state index contributed by atoms with van der Waals surface area (Å²) in [4.78, 5) is 12.2. The molecule has 0 aliphatic carbocycles. The smallest absolute Gasteiger partial charge is 0.343 e. The van der Waals surface area contributed by atoms with Crippen LogP contribution in [0.25, 0.3) is 0 Å². The Morgan fingerprint density at radius 3 is 2.00 bits per heavy atom. The van der Waals surface area contributed by atoms with Crippen molar-refractivity contribution in [2.75, 3.05) is 27.9 Å². The van der Waals surface area contributed by atoms with Crippen LogP contribution in [0.15, 0.2) is 0 Å². The van der Waals surface area contributed by atoms with Crippen molar-refractivity contribution in [2.45, 2.75) is 50.5 Å². The van der Waals surface area contributed by atoms with Crippen LogP contribution in [-0.2, 0) is 28.5 Å². The molecule has 0 saturated carbocycles. The van der Waals surface area contributed by atoms with Crippen molar-refractivity contribution in [3.63, 3.8) is 0 Å². The topological polar surface area (TPSA) is 83.5 Å². The van der Waals surface area contributed by atoms with Crippen LogP contribution < -0.4 is 0 Å². The number of carbonyl (C=O) groups excluding carboxylic acids is 1. The van der Waals surface area contributed by atoms with Gasteiger partial charge in [0.2, 0.25) is 17.2 Å².